The molecule has 1 heterocycles. The molecule has 1 aromatic rings. The van der Waals surface area contributed by atoms with Crippen molar-refractivity contribution in [1.82, 2.24) is 5.32 Å². The minimum Gasteiger partial charge on any atom is -0.308 e. The lowest BCUT2D eigenvalue weighted by atomic mass is 10.0. The van der Waals surface area contributed by atoms with Gasteiger partial charge in [-0.2, -0.15) is 13.2 Å². The van der Waals surface area contributed by atoms with E-state index in [4.69, 9.17) is 0 Å². The lowest BCUT2D eigenvalue weighted by molar-refractivity contribution is -0.137. The molecule has 1 fully saturated rings. The number of rotatable bonds is 1. The van der Waals surface area contributed by atoms with Crippen molar-refractivity contribution in [1.29, 1.82) is 0 Å². The van der Waals surface area contributed by atoms with Gasteiger partial charge in [0.05, 0.1) is 16.6 Å². The Hall–Kier alpha value is -1.08. The lowest BCUT2D eigenvalue weighted by Gasteiger charge is -2.28. The molecule has 0 aliphatic carbocycles. The van der Waals surface area contributed by atoms with Gasteiger partial charge in [0.1, 0.15) is 0 Å². The van der Waals surface area contributed by atoms with Crippen LogP contribution in [0.25, 0.3) is 0 Å². The number of nitrogens with one attached hydrogen (secondary N) is 1. The monoisotopic (exact) mass is 293 g/mol. The maximum atomic E-state index is 12.6. The zero-order valence-electron chi connectivity index (χ0n) is 10.2. The van der Waals surface area contributed by atoms with E-state index in [1.165, 1.54) is 12.1 Å². The van der Waals surface area contributed by atoms with Crippen LogP contribution in [0.15, 0.2) is 24.3 Å². The van der Waals surface area contributed by atoms with E-state index in [0.717, 1.165) is 12.1 Å². The molecule has 1 saturated heterocycles. The fourth-order valence-corrected chi connectivity index (χ4v) is 3.49. The summed E-state index contributed by atoms with van der Waals surface area (Å²) in [5.41, 5.74) is -0.409. The van der Waals surface area contributed by atoms with Gasteiger partial charge in [0, 0.05) is 12.6 Å². The molecule has 0 saturated carbocycles. The molecule has 0 amide bonds. The summed E-state index contributed by atoms with van der Waals surface area (Å²) in [6, 6.07) is 4.21. The van der Waals surface area contributed by atoms with Crippen molar-refractivity contribution in [2.75, 3.05) is 12.3 Å². The van der Waals surface area contributed by atoms with E-state index < -0.39 is 32.9 Å². The van der Waals surface area contributed by atoms with Crippen LogP contribution in [0.5, 0.6) is 0 Å². The Morgan fingerprint density at radius 2 is 2.00 bits per heavy atom. The molecule has 2 unspecified atom stereocenters. The van der Waals surface area contributed by atoms with Crippen LogP contribution in [0.3, 0.4) is 0 Å². The highest BCUT2D eigenvalue weighted by atomic mass is 32.2. The number of sulfone groups is 1. The van der Waals surface area contributed by atoms with Gasteiger partial charge in [0.25, 0.3) is 0 Å². The lowest BCUT2D eigenvalue weighted by Crippen LogP contribution is -2.44. The van der Waals surface area contributed by atoms with Crippen molar-refractivity contribution in [3.63, 3.8) is 0 Å². The van der Waals surface area contributed by atoms with Crippen LogP contribution in [0.4, 0.5) is 13.2 Å². The third-order valence-corrected chi connectivity index (χ3v) is 5.47. The Kier molecular flexibility index (Phi) is 3.61. The summed E-state index contributed by atoms with van der Waals surface area (Å²) < 4.78 is 61.4. The second kappa shape index (κ2) is 4.79. The van der Waals surface area contributed by atoms with Gasteiger partial charge in [-0.15, -0.1) is 0 Å². The Morgan fingerprint density at radius 1 is 1.32 bits per heavy atom. The van der Waals surface area contributed by atoms with Crippen LogP contribution in [-0.2, 0) is 16.0 Å². The number of alkyl halides is 3. The third-order valence-electron chi connectivity index (χ3n) is 3.28. The van der Waals surface area contributed by atoms with Crippen molar-refractivity contribution >= 4 is 9.84 Å². The van der Waals surface area contributed by atoms with Gasteiger partial charge in [-0.25, -0.2) is 8.42 Å². The van der Waals surface area contributed by atoms with E-state index in [9.17, 15) is 21.6 Å². The van der Waals surface area contributed by atoms with Crippen LogP contribution in [0.2, 0.25) is 0 Å². The first-order chi connectivity index (χ1) is 8.70. The molecular formula is C12H14F3NO2S. The Labute approximate surface area is 109 Å². The first-order valence-corrected chi connectivity index (χ1v) is 7.54. The molecule has 2 atom stereocenters. The van der Waals surface area contributed by atoms with Gasteiger partial charge in [-0.1, -0.05) is 12.1 Å². The molecule has 1 N–H and O–H groups in total. The van der Waals surface area contributed by atoms with E-state index >= 15 is 0 Å². The average molecular weight is 293 g/mol. The van der Waals surface area contributed by atoms with E-state index in [1.807, 2.05) is 0 Å². The average Bonchev–Trinajstić information content (AvgIpc) is 2.32. The molecule has 7 heteroatoms. The van der Waals surface area contributed by atoms with E-state index in [0.29, 0.717) is 5.56 Å². The summed E-state index contributed by atoms with van der Waals surface area (Å²) in [5, 5.41) is 2.47. The van der Waals surface area contributed by atoms with Gasteiger partial charge in [-0.05, 0) is 24.6 Å². The fraction of sp³-hybridized carbons (Fsp3) is 0.500. The maximum Gasteiger partial charge on any atom is 0.416 e. The normalized spacial score (nSPS) is 27.2. The molecule has 1 aromatic carbocycles. The van der Waals surface area contributed by atoms with Crippen LogP contribution in [-0.4, -0.2) is 26.0 Å². The van der Waals surface area contributed by atoms with Gasteiger partial charge in [-0.3, -0.25) is 0 Å². The Balaban J connectivity index is 2.29. The highest BCUT2D eigenvalue weighted by Gasteiger charge is 2.34. The molecule has 106 valence electrons. The zero-order valence-corrected chi connectivity index (χ0v) is 11.1. The smallest absolute Gasteiger partial charge is 0.308 e. The molecule has 2 rings (SSSR count). The van der Waals surface area contributed by atoms with Crippen LogP contribution < -0.4 is 5.32 Å². The molecule has 0 spiro atoms. The zero-order chi connectivity index (χ0) is 14.3. The van der Waals surface area contributed by atoms with Gasteiger partial charge in [0.15, 0.2) is 9.84 Å². The van der Waals surface area contributed by atoms with Crippen molar-refractivity contribution < 1.29 is 21.6 Å². The molecule has 0 bridgehead atoms. The van der Waals surface area contributed by atoms with Gasteiger partial charge in [0.2, 0.25) is 0 Å². The third kappa shape index (κ3) is 3.09. The second-order valence-electron chi connectivity index (χ2n) is 4.72. The molecule has 0 aromatic heterocycles. The SMILES string of the molecule is CC1CNC(c2cccc(C(F)(F)F)c2)CS1(=O)=O. The Morgan fingerprint density at radius 3 is 2.58 bits per heavy atom. The van der Waals surface area contributed by atoms with Crippen LogP contribution in [0, 0.1) is 0 Å². The van der Waals surface area contributed by atoms with Crippen LogP contribution in [0.1, 0.15) is 24.1 Å². The predicted molar refractivity (Wildman–Crippen MR) is 65.4 cm³/mol. The topological polar surface area (TPSA) is 46.2 Å². The Bertz CT molecular complexity index is 569. The van der Waals surface area contributed by atoms with Gasteiger partial charge >= 0.3 is 6.18 Å². The predicted octanol–water partition coefficient (Wildman–Crippen LogP) is 2.15. The highest BCUT2D eigenvalue weighted by Crippen LogP contribution is 2.31. The van der Waals surface area contributed by atoms with Crippen molar-refractivity contribution in [2.45, 2.75) is 24.4 Å². The standard InChI is InChI=1S/C12H14F3NO2S/c1-8-6-16-11(7-19(8,17)18)9-3-2-4-10(5-9)12(13,14)15/h2-5,8,11,16H,6-7H2,1H3. The largest absolute Gasteiger partial charge is 0.416 e. The summed E-state index contributed by atoms with van der Waals surface area (Å²) in [7, 11) is -3.25. The minimum atomic E-state index is -4.42. The van der Waals surface area contributed by atoms with Crippen molar-refractivity contribution in [3.05, 3.63) is 35.4 Å². The maximum absolute atomic E-state index is 12.6. The van der Waals surface area contributed by atoms with Crippen molar-refractivity contribution in [2.24, 2.45) is 0 Å². The summed E-state index contributed by atoms with van der Waals surface area (Å²) in [5.74, 6) is -0.171. The second-order valence-corrected chi connectivity index (χ2v) is 7.19. The van der Waals surface area contributed by atoms with E-state index in [2.05, 4.69) is 5.32 Å². The quantitative estimate of drug-likeness (QED) is 0.863. The summed E-state index contributed by atoms with van der Waals surface area (Å²) in [6.07, 6.45) is -4.42. The number of halogens is 3. The molecule has 3 nitrogen and oxygen atoms in total. The summed E-state index contributed by atoms with van der Waals surface area (Å²) in [6.45, 7) is 1.84. The van der Waals surface area contributed by atoms with E-state index in [1.54, 1.807) is 6.92 Å². The number of hydrogen-bond acceptors (Lipinski definition) is 3. The van der Waals surface area contributed by atoms with Crippen molar-refractivity contribution in [3.8, 4) is 0 Å². The molecule has 1 aliphatic rings. The molecule has 1 aliphatic heterocycles. The highest BCUT2D eigenvalue weighted by molar-refractivity contribution is 7.92. The van der Waals surface area contributed by atoms with Gasteiger partial charge < -0.3 is 5.32 Å². The fourth-order valence-electron chi connectivity index (χ4n) is 2.04. The number of benzene rings is 1. The van der Waals surface area contributed by atoms with E-state index in [-0.39, 0.29) is 12.3 Å². The molecule has 19 heavy (non-hydrogen) atoms. The molecular weight excluding hydrogens is 279 g/mol. The molecule has 0 radical (unpaired) electrons. The first-order valence-electron chi connectivity index (χ1n) is 5.82. The summed E-state index contributed by atoms with van der Waals surface area (Å²) >= 11 is 0. The number of hydrogen-bond donors (Lipinski definition) is 1. The summed E-state index contributed by atoms with van der Waals surface area (Å²) in [4.78, 5) is 0. The van der Waals surface area contributed by atoms with Crippen LogP contribution >= 0.6 is 0 Å². The first kappa shape index (κ1) is 14.3. The minimum absolute atomic E-state index is 0.171.